The Morgan fingerprint density at radius 2 is 1.68 bits per heavy atom. The second kappa shape index (κ2) is 10.2. The summed E-state index contributed by atoms with van der Waals surface area (Å²) in [5.41, 5.74) is 5.23. The van der Waals surface area contributed by atoms with Crippen molar-refractivity contribution in [2.24, 2.45) is 0 Å². The molecule has 2 aliphatic rings. The largest absolute Gasteiger partial charge is 0.495 e. The van der Waals surface area contributed by atoms with Gasteiger partial charge >= 0.3 is 0 Å². The molecule has 1 N–H and O–H groups in total. The molecular weight excluding hydrogens is 482 g/mol. The van der Waals surface area contributed by atoms with Crippen molar-refractivity contribution in [3.05, 3.63) is 103 Å². The lowest BCUT2D eigenvalue weighted by molar-refractivity contribution is 0.122. The maximum atomic E-state index is 5.94. The molecule has 4 heterocycles. The Morgan fingerprint density at radius 3 is 2.43 bits per heavy atom. The van der Waals surface area contributed by atoms with Crippen molar-refractivity contribution in [3.63, 3.8) is 0 Å². The summed E-state index contributed by atoms with van der Waals surface area (Å²) in [5, 5.41) is 4.24. The van der Waals surface area contributed by atoms with Gasteiger partial charge < -0.3 is 29.2 Å². The van der Waals surface area contributed by atoms with Crippen molar-refractivity contribution < 1.29 is 9.47 Å². The molecule has 0 radical (unpaired) electrons. The van der Waals surface area contributed by atoms with E-state index in [9.17, 15) is 0 Å². The number of pyridine rings is 1. The van der Waals surface area contributed by atoms with E-state index in [1.54, 1.807) is 7.11 Å². The van der Waals surface area contributed by atoms with Gasteiger partial charge in [0.15, 0.2) is 5.11 Å². The normalized spacial score (nSPS) is 19.6. The number of thiocarbonyl (C=S) groups is 1. The fourth-order valence-electron chi connectivity index (χ4n) is 5.26. The number of morpholine rings is 1. The van der Waals surface area contributed by atoms with Crippen LogP contribution in [0.2, 0.25) is 0 Å². The number of anilines is 2. The number of aromatic nitrogens is 2. The summed E-state index contributed by atoms with van der Waals surface area (Å²) >= 11 is 5.94. The Kier molecular flexibility index (Phi) is 6.51. The third-order valence-electron chi connectivity index (χ3n) is 7.03. The molecule has 0 aliphatic carbocycles. The Balaban J connectivity index is 1.43. The minimum atomic E-state index is -0.129. The molecule has 2 saturated heterocycles. The monoisotopic (exact) mass is 511 g/mol. The number of hydrogen-bond acceptors (Lipinski definition) is 5. The van der Waals surface area contributed by atoms with E-state index in [1.165, 1.54) is 5.69 Å². The van der Waals surface area contributed by atoms with Gasteiger partial charge in [-0.3, -0.25) is 4.98 Å². The molecule has 0 amide bonds. The zero-order chi connectivity index (χ0) is 25.2. The Hall–Kier alpha value is -3.88. The van der Waals surface area contributed by atoms with Gasteiger partial charge in [-0.05, 0) is 72.9 Å². The van der Waals surface area contributed by atoms with Crippen LogP contribution in [0.4, 0.5) is 11.4 Å². The van der Waals surface area contributed by atoms with E-state index in [-0.39, 0.29) is 12.1 Å². The lowest BCUT2D eigenvalue weighted by atomic mass is 10.0. The van der Waals surface area contributed by atoms with E-state index in [1.807, 2.05) is 36.5 Å². The highest BCUT2D eigenvalue weighted by molar-refractivity contribution is 7.80. The fraction of sp³-hybridized carbons (Fsp3) is 0.241. The van der Waals surface area contributed by atoms with Gasteiger partial charge in [0.1, 0.15) is 11.8 Å². The molecule has 2 atom stereocenters. The summed E-state index contributed by atoms with van der Waals surface area (Å²) in [6.45, 7) is 3.32. The minimum absolute atomic E-state index is 0.128. The van der Waals surface area contributed by atoms with Crippen LogP contribution in [0.1, 0.15) is 23.5 Å². The maximum absolute atomic E-state index is 5.94. The van der Waals surface area contributed by atoms with Gasteiger partial charge in [-0.2, -0.15) is 0 Å². The van der Waals surface area contributed by atoms with E-state index in [2.05, 4.69) is 74.4 Å². The van der Waals surface area contributed by atoms with Crippen LogP contribution in [0.3, 0.4) is 0 Å². The predicted molar refractivity (Wildman–Crippen MR) is 150 cm³/mol. The van der Waals surface area contributed by atoms with Crippen LogP contribution in [0.15, 0.2) is 91.3 Å². The lowest BCUT2D eigenvalue weighted by Gasteiger charge is -2.31. The average Bonchev–Trinajstić information content (AvgIpc) is 3.58. The van der Waals surface area contributed by atoms with Crippen LogP contribution in [0, 0.1) is 0 Å². The van der Waals surface area contributed by atoms with Gasteiger partial charge in [-0.15, -0.1) is 0 Å². The summed E-state index contributed by atoms with van der Waals surface area (Å²) in [6.07, 6.45) is 3.90. The second-order valence-corrected chi connectivity index (χ2v) is 9.47. The molecule has 0 unspecified atom stereocenters. The third kappa shape index (κ3) is 4.43. The highest BCUT2D eigenvalue weighted by Crippen LogP contribution is 2.43. The molecule has 4 aromatic rings. The van der Waals surface area contributed by atoms with E-state index in [0.29, 0.717) is 5.11 Å². The smallest absolute Gasteiger partial charge is 0.174 e. The summed E-state index contributed by atoms with van der Waals surface area (Å²) in [5.74, 6) is 0.810. The van der Waals surface area contributed by atoms with Crippen molar-refractivity contribution >= 4 is 28.7 Å². The second-order valence-electron chi connectivity index (χ2n) is 9.09. The van der Waals surface area contributed by atoms with Gasteiger partial charge in [0, 0.05) is 42.6 Å². The first kappa shape index (κ1) is 23.5. The molecule has 2 aromatic carbocycles. The van der Waals surface area contributed by atoms with Gasteiger partial charge in [-0.1, -0.05) is 18.2 Å². The molecule has 7 nitrogen and oxygen atoms in total. The van der Waals surface area contributed by atoms with Crippen LogP contribution in [0.5, 0.6) is 5.75 Å². The molecule has 0 saturated carbocycles. The molecular formula is C29H29N5O2S. The number of ether oxygens (including phenoxy) is 2. The molecule has 2 fully saturated rings. The summed E-state index contributed by atoms with van der Waals surface area (Å²) in [4.78, 5) is 9.26. The molecule has 8 heteroatoms. The van der Waals surface area contributed by atoms with Crippen LogP contribution >= 0.6 is 12.2 Å². The number of rotatable bonds is 6. The van der Waals surface area contributed by atoms with E-state index in [4.69, 9.17) is 26.7 Å². The van der Waals surface area contributed by atoms with Gasteiger partial charge in [-0.25, -0.2) is 0 Å². The van der Waals surface area contributed by atoms with E-state index >= 15 is 0 Å². The van der Waals surface area contributed by atoms with Crippen LogP contribution < -0.4 is 19.9 Å². The number of nitrogens with zero attached hydrogens (tertiary/aromatic N) is 4. The highest BCUT2D eigenvalue weighted by Gasteiger charge is 2.42. The van der Waals surface area contributed by atoms with Gasteiger partial charge in [0.25, 0.3) is 0 Å². The molecule has 188 valence electrons. The van der Waals surface area contributed by atoms with Crippen molar-refractivity contribution in [1.29, 1.82) is 0 Å². The standard InChI is InChI=1S/C29H29N5O2S/c1-35-26-10-3-2-8-24(26)33-16-6-9-25(33)28-27(23-7-4-5-15-30-23)31-29(37)34(28)22-13-11-21(12-14-22)32-17-19-36-20-18-32/h2-16,27-28H,17-20H2,1H3,(H,31,37)/t27-,28-/m0/s1. The number of methoxy groups -OCH3 is 1. The molecule has 2 aromatic heterocycles. The zero-order valence-electron chi connectivity index (χ0n) is 20.7. The highest BCUT2D eigenvalue weighted by atomic mass is 32.1. The topological polar surface area (TPSA) is 54.8 Å². The van der Waals surface area contributed by atoms with Crippen molar-refractivity contribution in [2.75, 3.05) is 43.2 Å². The maximum Gasteiger partial charge on any atom is 0.174 e. The SMILES string of the molecule is COc1ccccc1-n1cccc1[C@H]1[C@H](c2ccccn2)NC(=S)N1c1ccc(N2CCOCC2)cc1. The summed E-state index contributed by atoms with van der Waals surface area (Å²) in [7, 11) is 1.70. The van der Waals surface area contributed by atoms with Gasteiger partial charge in [0.2, 0.25) is 0 Å². The predicted octanol–water partition coefficient (Wildman–Crippen LogP) is 4.89. The Morgan fingerprint density at radius 1 is 0.919 bits per heavy atom. The molecule has 2 aliphatic heterocycles. The van der Waals surface area contributed by atoms with E-state index in [0.717, 1.165) is 54.8 Å². The average molecular weight is 512 g/mol. The molecule has 0 spiro atoms. The fourth-order valence-corrected chi connectivity index (χ4v) is 5.61. The first-order valence-corrected chi connectivity index (χ1v) is 12.9. The summed E-state index contributed by atoms with van der Waals surface area (Å²) in [6, 6.07) is 26.7. The number of benzene rings is 2. The molecule has 37 heavy (non-hydrogen) atoms. The Labute approximate surface area is 222 Å². The summed E-state index contributed by atoms with van der Waals surface area (Å²) < 4.78 is 13.4. The molecule has 6 rings (SSSR count). The zero-order valence-corrected chi connectivity index (χ0v) is 21.5. The number of para-hydroxylation sites is 2. The lowest BCUT2D eigenvalue weighted by Crippen LogP contribution is -2.36. The van der Waals surface area contributed by atoms with Crippen molar-refractivity contribution in [1.82, 2.24) is 14.9 Å². The van der Waals surface area contributed by atoms with Crippen LogP contribution in [0.25, 0.3) is 5.69 Å². The van der Waals surface area contributed by atoms with Crippen molar-refractivity contribution in [3.8, 4) is 11.4 Å². The van der Waals surface area contributed by atoms with E-state index < -0.39 is 0 Å². The third-order valence-corrected chi connectivity index (χ3v) is 7.34. The number of nitrogens with one attached hydrogen (secondary N) is 1. The van der Waals surface area contributed by atoms with Gasteiger partial charge in [0.05, 0.1) is 37.7 Å². The quantitative estimate of drug-likeness (QED) is 0.370. The molecule has 0 bridgehead atoms. The Bertz CT molecular complexity index is 1370. The number of hydrogen-bond donors (Lipinski definition) is 1. The first-order valence-electron chi connectivity index (χ1n) is 12.5. The van der Waals surface area contributed by atoms with Crippen LogP contribution in [-0.2, 0) is 4.74 Å². The minimum Gasteiger partial charge on any atom is -0.495 e. The first-order chi connectivity index (χ1) is 18.2. The van der Waals surface area contributed by atoms with Crippen LogP contribution in [-0.4, -0.2) is 48.1 Å². The van der Waals surface area contributed by atoms with Crippen molar-refractivity contribution in [2.45, 2.75) is 12.1 Å².